The first kappa shape index (κ1) is 9.22. The van der Waals surface area contributed by atoms with E-state index in [1.807, 2.05) is 0 Å². The van der Waals surface area contributed by atoms with E-state index in [0.717, 1.165) is 0 Å². The predicted molar refractivity (Wildman–Crippen MR) is 47.9 cm³/mol. The zero-order chi connectivity index (χ0) is 7.33. The second kappa shape index (κ2) is 4.10. The first-order valence-electron chi connectivity index (χ1n) is 4.06. The van der Waals surface area contributed by atoms with Gasteiger partial charge in [-0.2, -0.15) is 0 Å². The van der Waals surface area contributed by atoms with E-state index < -0.39 is 0 Å². The maximum atomic E-state index is 2.33. The van der Waals surface area contributed by atoms with Crippen LogP contribution in [0.1, 0.15) is 34.1 Å². The van der Waals surface area contributed by atoms with Crippen LogP contribution in [0.4, 0.5) is 0 Å². The van der Waals surface area contributed by atoms with Gasteiger partial charge in [0.1, 0.15) is 0 Å². The second-order valence-electron chi connectivity index (χ2n) is 4.02. The molecule has 56 valence electrons. The van der Waals surface area contributed by atoms with Crippen LogP contribution < -0.4 is 0 Å². The van der Waals surface area contributed by atoms with E-state index in [1.54, 1.807) is 6.04 Å². The molecule has 0 aromatic carbocycles. The number of rotatable bonds is 3. The van der Waals surface area contributed by atoms with Crippen LogP contribution in [-0.2, 0) is 0 Å². The molecule has 0 rings (SSSR count). The smallest absolute Gasteiger partial charge is 0.0195 e. The van der Waals surface area contributed by atoms with E-state index in [4.69, 9.17) is 0 Å². The maximum absolute atomic E-state index is 2.33. The molecule has 0 aliphatic rings. The molecular weight excluding hydrogens is 124 g/mol. The van der Waals surface area contributed by atoms with Crippen molar-refractivity contribution in [3.05, 3.63) is 0 Å². The Morgan fingerprint density at radius 2 is 1.78 bits per heavy atom. The van der Waals surface area contributed by atoms with Crippen LogP contribution in [0.25, 0.3) is 0 Å². The Morgan fingerprint density at radius 1 is 1.22 bits per heavy atom. The molecule has 0 spiro atoms. The molecule has 0 aromatic rings. The molecule has 0 amide bonds. The van der Waals surface area contributed by atoms with Gasteiger partial charge in [0.05, 0.1) is 0 Å². The van der Waals surface area contributed by atoms with E-state index >= 15 is 0 Å². The van der Waals surface area contributed by atoms with Crippen molar-refractivity contribution in [3.8, 4) is 0 Å². The highest BCUT2D eigenvalue weighted by Crippen LogP contribution is 2.20. The van der Waals surface area contributed by atoms with Crippen LogP contribution in [0.2, 0.25) is 12.1 Å². The van der Waals surface area contributed by atoms with E-state index in [1.165, 1.54) is 12.5 Å². The monoisotopic (exact) mass is 144 g/mol. The summed E-state index contributed by atoms with van der Waals surface area (Å²) in [6.07, 6.45) is 1.44. The van der Waals surface area contributed by atoms with Gasteiger partial charge in [-0.3, -0.25) is 0 Å². The van der Waals surface area contributed by atoms with Crippen LogP contribution in [0.3, 0.4) is 0 Å². The summed E-state index contributed by atoms with van der Waals surface area (Å²) in [5.74, 6) is 0. The van der Waals surface area contributed by atoms with Gasteiger partial charge in [-0.05, 0) is 5.41 Å². The molecule has 0 heterocycles. The summed E-state index contributed by atoms with van der Waals surface area (Å²) in [5.41, 5.74) is 0.585. The Bertz CT molecular complexity index is 61.5. The molecule has 0 saturated carbocycles. The summed E-state index contributed by atoms with van der Waals surface area (Å²) in [6.45, 7) is 9.31. The Kier molecular flexibility index (Phi) is 4.20. The molecule has 0 fully saturated rings. The third kappa shape index (κ3) is 8.22. The highest BCUT2D eigenvalue weighted by Gasteiger charge is 2.07. The molecule has 0 nitrogen and oxygen atoms in total. The van der Waals surface area contributed by atoms with Gasteiger partial charge < -0.3 is 0 Å². The zero-order valence-electron chi connectivity index (χ0n) is 7.33. The molecule has 0 saturated heterocycles. The zero-order valence-corrected chi connectivity index (χ0v) is 8.74. The van der Waals surface area contributed by atoms with Crippen LogP contribution in [0.15, 0.2) is 0 Å². The Hall–Kier alpha value is 0.217. The SMILES string of the molecule is CC[SiH2]CCC(C)(C)C. The molecule has 0 atom stereocenters. The summed E-state index contributed by atoms with van der Waals surface area (Å²) >= 11 is 0. The normalized spacial score (nSPS) is 13.3. The van der Waals surface area contributed by atoms with E-state index in [9.17, 15) is 0 Å². The molecule has 0 bridgehead atoms. The van der Waals surface area contributed by atoms with Crippen molar-refractivity contribution in [2.75, 3.05) is 0 Å². The third-order valence-corrected chi connectivity index (χ3v) is 3.09. The van der Waals surface area contributed by atoms with Gasteiger partial charge in [0, 0.05) is 9.52 Å². The lowest BCUT2D eigenvalue weighted by atomic mass is 9.94. The molecule has 0 aliphatic heterocycles. The van der Waals surface area contributed by atoms with Gasteiger partial charge in [0.2, 0.25) is 0 Å². The summed E-state index contributed by atoms with van der Waals surface area (Å²) in [6, 6.07) is 3.02. The maximum Gasteiger partial charge on any atom is 0.0195 e. The Balaban J connectivity index is 3.07. The molecule has 0 N–H and O–H groups in total. The van der Waals surface area contributed by atoms with Crippen molar-refractivity contribution in [2.24, 2.45) is 5.41 Å². The highest BCUT2D eigenvalue weighted by molar-refractivity contribution is 6.35. The fourth-order valence-corrected chi connectivity index (χ4v) is 2.72. The quantitative estimate of drug-likeness (QED) is 0.421. The molecule has 0 unspecified atom stereocenters. The minimum Gasteiger partial charge on any atom is -0.0683 e. The van der Waals surface area contributed by atoms with Crippen molar-refractivity contribution in [2.45, 2.75) is 46.2 Å². The van der Waals surface area contributed by atoms with Crippen LogP contribution in [-0.4, -0.2) is 9.52 Å². The summed E-state index contributed by atoms with van der Waals surface area (Å²) < 4.78 is 0. The lowest BCUT2D eigenvalue weighted by Crippen LogP contribution is -2.05. The Labute approximate surface area is 61.9 Å². The number of hydrogen-bond donors (Lipinski definition) is 0. The summed E-state index contributed by atoms with van der Waals surface area (Å²) in [5, 5.41) is 0. The second-order valence-corrected chi connectivity index (χ2v) is 6.43. The van der Waals surface area contributed by atoms with Gasteiger partial charge in [0.15, 0.2) is 0 Å². The van der Waals surface area contributed by atoms with Gasteiger partial charge in [-0.1, -0.05) is 46.2 Å². The lowest BCUT2D eigenvalue weighted by Gasteiger charge is -2.16. The molecule has 1 heteroatoms. The average Bonchev–Trinajstić information content (AvgIpc) is 1.63. The summed E-state index contributed by atoms with van der Waals surface area (Å²) in [7, 11) is 0.342. The Morgan fingerprint density at radius 3 is 2.11 bits per heavy atom. The van der Waals surface area contributed by atoms with Gasteiger partial charge >= 0.3 is 0 Å². The van der Waals surface area contributed by atoms with Crippen molar-refractivity contribution in [1.82, 2.24) is 0 Å². The minimum atomic E-state index is 0.342. The molecular formula is C8H20Si. The third-order valence-electron chi connectivity index (χ3n) is 1.53. The molecule has 0 aliphatic carbocycles. The predicted octanol–water partition coefficient (Wildman–Crippen LogP) is 2.45. The van der Waals surface area contributed by atoms with Crippen LogP contribution in [0, 0.1) is 5.41 Å². The van der Waals surface area contributed by atoms with Crippen LogP contribution in [0.5, 0.6) is 0 Å². The lowest BCUT2D eigenvalue weighted by molar-refractivity contribution is 0.397. The van der Waals surface area contributed by atoms with E-state index in [-0.39, 0.29) is 0 Å². The van der Waals surface area contributed by atoms with Gasteiger partial charge in [-0.15, -0.1) is 0 Å². The minimum absolute atomic E-state index is 0.342. The first-order chi connectivity index (χ1) is 4.06. The molecule has 0 radical (unpaired) electrons. The van der Waals surface area contributed by atoms with Crippen molar-refractivity contribution in [1.29, 1.82) is 0 Å². The van der Waals surface area contributed by atoms with Crippen molar-refractivity contribution >= 4 is 9.52 Å². The van der Waals surface area contributed by atoms with E-state index in [2.05, 4.69) is 27.7 Å². The molecule has 9 heavy (non-hydrogen) atoms. The van der Waals surface area contributed by atoms with Crippen molar-refractivity contribution < 1.29 is 0 Å². The number of hydrogen-bond acceptors (Lipinski definition) is 0. The molecule has 0 aromatic heterocycles. The topological polar surface area (TPSA) is 0 Å². The first-order valence-corrected chi connectivity index (χ1v) is 6.06. The standard InChI is InChI=1S/C8H20Si/c1-5-9-7-6-8(2,3)4/h5-7,9H2,1-4H3. The summed E-state index contributed by atoms with van der Waals surface area (Å²) in [4.78, 5) is 0. The van der Waals surface area contributed by atoms with Crippen molar-refractivity contribution in [3.63, 3.8) is 0 Å². The average molecular weight is 144 g/mol. The fourth-order valence-electron chi connectivity index (χ4n) is 0.905. The van der Waals surface area contributed by atoms with Gasteiger partial charge in [-0.25, -0.2) is 0 Å². The largest absolute Gasteiger partial charge is 0.0683 e. The van der Waals surface area contributed by atoms with E-state index in [0.29, 0.717) is 14.9 Å². The van der Waals surface area contributed by atoms with Crippen LogP contribution >= 0.6 is 0 Å². The van der Waals surface area contributed by atoms with Gasteiger partial charge in [0.25, 0.3) is 0 Å². The fraction of sp³-hybridized carbons (Fsp3) is 1.00. The highest BCUT2D eigenvalue weighted by atomic mass is 28.2.